The van der Waals surface area contributed by atoms with Gasteiger partial charge in [-0.2, -0.15) is 5.10 Å². The molecule has 17 heavy (non-hydrogen) atoms. The molecule has 1 unspecified atom stereocenters. The van der Waals surface area contributed by atoms with Crippen LogP contribution in [0.3, 0.4) is 0 Å². The quantitative estimate of drug-likeness (QED) is 0.783. The molecule has 0 aliphatic heterocycles. The number of aliphatic hydroxyl groups is 2. The van der Waals surface area contributed by atoms with E-state index in [1.165, 1.54) is 12.8 Å². The van der Waals surface area contributed by atoms with E-state index in [1.54, 1.807) is 4.68 Å². The average molecular weight is 238 g/mol. The van der Waals surface area contributed by atoms with E-state index < -0.39 is 11.7 Å². The monoisotopic (exact) mass is 238 g/mol. The molecule has 0 bridgehead atoms. The van der Waals surface area contributed by atoms with Gasteiger partial charge in [-0.15, -0.1) is 0 Å². The van der Waals surface area contributed by atoms with Crippen LogP contribution >= 0.6 is 0 Å². The summed E-state index contributed by atoms with van der Waals surface area (Å²) >= 11 is 0. The summed E-state index contributed by atoms with van der Waals surface area (Å²) in [5.74, 6) is 0. The lowest BCUT2D eigenvalue weighted by Crippen LogP contribution is -2.43. The summed E-state index contributed by atoms with van der Waals surface area (Å²) in [4.78, 5) is 0. The third-order valence-electron chi connectivity index (χ3n) is 3.76. The molecule has 0 saturated heterocycles. The van der Waals surface area contributed by atoms with Gasteiger partial charge in [-0.1, -0.05) is 25.7 Å². The standard InChI is InChI=1S/C13H22N2O2/c1-15-9-6-11(14-15)10-12(16)13(17)7-4-2-3-5-8-13/h6,9,12,16-17H,2-5,7-8,10H2,1H3. The number of rotatable bonds is 3. The number of aliphatic hydroxyl groups excluding tert-OH is 1. The second-order valence-corrected chi connectivity index (χ2v) is 5.22. The van der Waals surface area contributed by atoms with E-state index in [-0.39, 0.29) is 0 Å². The predicted molar refractivity (Wildman–Crippen MR) is 65.6 cm³/mol. The maximum atomic E-state index is 10.5. The SMILES string of the molecule is Cn1ccc(CC(O)C2(O)CCCCCC2)n1. The van der Waals surface area contributed by atoms with E-state index in [0.717, 1.165) is 18.5 Å². The van der Waals surface area contributed by atoms with Gasteiger partial charge in [-0.25, -0.2) is 0 Å². The molecule has 4 heteroatoms. The Hall–Kier alpha value is -0.870. The Bertz CT molecular complexity index is 354. The molecule has 96 valence electrons. The Morgan fingerprint density at radius 3 is 2.53 bits per heavy atom. The van der Waals surface area contributed by atoms with Crippen molar-refractivity contribution in [1.82, 2.24) is 9.78 Å². The summed E-state index contributed by atoms with van der Waals surface area (Å²) < 4.78 is 1.72. The van der Waals surface area contributed by atoms with Gasteiger partial charge in [-0.05, 0) is 18.9 Å². The Kier molecular flexibility index (Phi) is 3.84. The lowest BCUT2D eigenvalue weighted by molar-refractivity contribution is -0.0840. The molecule has 1 saturated carbocycles. The maximum absolute atomic E-state index is 10.5. The fraction of sp³-hybridized carbons (Fsp3) is 0.769. The van der Waals surface area contributed by atoms with Crippen LogP contribution in [0.2, 0.25) is 0 Å². The third kappa shape index (κ3) is 3.07. The molecule has 4 nitrogen and oxygen atoms in total. The fourth-order valence-electron chi connectivity index (χ4n) is 2.63. The lowest BCUT2D eigenvalue weighted by atomic mass is 9.86. The van der Waals surface area contributed by atoms with Crippen molar-refractivity contribution in [2.45, 2.75) is 56.7 Å². The maximum Gasteiger partial charge on any atom is 0.0909 e. The van der Waals surface area contributed by atoms with Gasteiger partial charge in [0.25, 0.3) is 0 Å². The van der Waals surface area contributed by atoms with Crippen molar-refractivity contribution in [3.05, 3.63) is 18.0 Å². The molecular weight excluding hydrogens is 216 g/mol. The topological polar surface area (TPSA) is 58.3 Å². The Balaban J connectivity index is 2.00. The van der Waals surface area contributed by atoms with Crippen LogP contribution in [0.25, 0.3) is 0 Å². The zero-order valence-electron chi connectivity index (χ0n) is 10.5. The molecule has 1 aliphatic rings. The first-order valence-electron chi connectivity index (χ1n) is 6.49. The minimum Gasteiger partial charge on any atom is -0.390 e. The number of hydrogen-bond donors (Lipinski definition) is 2. The van der Waals surface area contributed by atoms with Gasteiger partial charge >= 0.3 is 0 Å². The Morgan fingerprint density at radius 2 is 2.00 bits per heavy atom. The third-order valence-corrected chi connectivity index (χ3v) is 3.76. The van der Waals surface area contributed by atoms with Gasteiger partial charge in [0.2, 0.25) is 0 Å². The van der Waals surface area contributed by atoms with Crippen molar-refractivity contribution in [3.63, 3.8) is 0 Å². The first-order valence-corrected chi connectivity index (χ1v) is 6.49. The van der Waals surface area contributed by atoms with Gasteiger partial charge < -0.3 is 10.2 Å². The Labute approximate surface area is 102 Å². The molecule has 0 aromatic carbocycles. The van der Waals surface area contributed by atoms with Crippen LogP contribution in [0.1, 0.15) is 44.2 Å². The van der Waals surface area contributed by atoms with E-state index >= 15 is 0 Å². The minimum atomic E-state index is -0.909. The van der Waals surface area contributed by atoms with E-state index in [4.69, 9.17) is 0 Å². The first-order chi connectivity index (χ1) is 8.10. The second kappa shape index (κ2) is 5.19. The largest absolute Gasteiger partial charge is 0.390 e. The molecule has 2 rings (SSSR count). The van der Waals surface area contributed by atoms with Gasteiger partial charge in [0.15, 0.2) is 0 Å². The molecular formula is C13H22N2O2. The average Bonchev–Trinajstić information content (AvgIpc) is 2.56. The summed E-state index contributed by atoms with van der Waals surface area (Å²) in [5, 5.41) is 25.0. The van der Waals surface area contributed by atoms with Crippen molar-refractivity contribution in [1.29, 1.82) is 0 Å². The highest BCUT2D eigenvalue weighted by Gasteiger charge is 2.36. The van der Waals surface area contributed by atoms with Crippen molar-refractivity contribution in [2.24, 2.45) is 7.05 Å². The van der Waals surface area contributed by atoms with E-state index in [9.17, 15) is 10.2 Å². The van der Waals surface area contributed by atoms with Crippen LogP contribution in [0, 0.1) is 0 Å². The van der Waals surface area contributed by atoms with Crippen LogP contribution in [0.4, 0.5) is 0 Å². The molecule has 1 aliphatic carbocycles. The zero-order chi connectivity index (χ0) is 12.3. The van der Waals surface area contributed by atoms with Crippen molar-refractivity contribution in [2.75, 3.05) is 0 Å². The van der Waals surface area contributed by atoms with Gasteiger partial charge in [0.1, 0.15) is 0 Å². The summed E-state index contributed by atoms with van der Waals surface area (Å²) in [6.07, 6.45) is 7.37. The van der Waals surface area contributed by atoms with Gasteiger partial charge in [0.05, 0.1) is 17.4 Å². The summed E-state index contributed by atoms with van der Waals surface area (Å²) in [6.45, 7) is 0. The van der Waals surface area contributed by atoms with E-state index in [0.29, 0.717) is 19.3 Å². The van der Waals surface area contributed by atoms with Crippen molar-refractivity contribution < 1.29 is 10.2 Å². The van der Waals surface area contributed by atoms with Crippen LogP contribution in [0.5, 0.6) is 0 Å². The highest BCUT2D eigenvalue weighted by atomic mass is 16.3. The van der Waals surface area contributed by atoms with Gasteiger partial charge in [0, 0.05) is 19.7 Å². The number of nitrogens with zero attached hydrogens (tertiary/aromatic N) is 2. The smallest absolute Gasteiger partial charge is 0.0909 e. The van der Waals surface area contributed by atoms with Crippen LogP contribution in [-0.2, 0) is 13.5 Å². The fourth-order valence-corrected chi connectivity index (χ4v) is 2.63. The lowest BCUT2D eigenvalue weighted by Gasteiger charge is -2.31. The van der Waals surface area contributed by atoms with Crippen LogP contribution in [0.15, 0.2) is 12.3 Å². The zero-order valence-corrected chi connectivity index (χ0v) is 10.5. The molecule has 0 amide bonds. The highest BCUT2D eigenvalue weighted by molar-refractivity contribution is 5.03. The van der Waals surface area contributed by atoms with Gasteiger partial charge in [-0.3, -0.25) is 4.68 Å². The minimum absolute atomic E-state index is 0.442. The van der Waals surface area contributed by atoms with E-state index in [2.05, 4.69) is 5.10 Å². The highest BCUT2D eigenvalue weighted by Crippen LogP contribution is 2.31. The molecule has 1 fully saturated rings. The first kappa shape index (κ1) is 12.6. The summed E-state index contributed by atoms with van der Waals surface area (Å²) in [6, 6.07) is 1.89. The molecule has 1 aromatic heterocycles. The van der Waals surface area contributed by atoms with Crippen molar-refractivity contribution >= 4 is 0 Å². The molecule has 2 N–H and O–H groups in total. The molecule has 1 aromatic rings. The number of aryl methyl sites for hydroxylation is 1. The number of aromatic nitrogens is 2. The molecule has 1 atom stereocenters. The van der Waals surface area contributed by atoms with Crippen molar-refractivity contribution in [3.8, 4) is 0 Å². The summed E-state index contributed by atoms with van der Waals surface area (Å²) in [7, 11) is 1.86. The normalized spacial score (nSPS) is 22.1. The second-order valence-electron chi connectivity index (χ2n) is 5.22. The molecule has 0 radical (unpaired) electrons. The predicted octanol–water partition coefficient (Wildman–Crippen LogP) is 1.41. The molecule has 1 heterocycles. The van der Waals surface area contributed by atoms with Crippen LogP contribution < -0.4 is 0 Å². The summed E-state index contributed by atoms with van der Waals surface area (Å²) in [5.41, 5.74) is -0.0636. The Morgan fingerprint density at radius 1 is 1.35 bits per heavy atom. The van der Waals surface area contributed by atoms with E-state index in [1.807, 2.05) is 19.3 Å². The van der Waals surface area contributed by atoms with Crippen LogP contribution in [-0.4, -0.2) is 31.7 Å². The molecule has 0 spiro atoms. The number of hydrogen-bond acceptors (Lipinski definition) is 3.